The van der Waals surface area contributed by atoms with Crippen LogP contribution in [0.25, 0.3) is 0 Å². The van der Waals surface area contributed by atoms with E-state index in [9.17, 15) is 0 Å². The quantitative estimate of drug-likeness (QED) is 0.902. The van der Waals surface area contributed by atoms with Gasteiger partial charge in [0.2, 0.25) is 5.95 Å². The first-order chi connectivity index (χ1) is 9.79. The molecule has 5 heteroatoms. The third kappa shape index (κ3) is 2.78. The molecule has 3 rings (SSSR count). The molecule has 2 fully saturated rings. The molecule has 1 saturated carbocycles. The number of halogens is 1. The molecule has 0 radical (unpaired) electrons. The summed E-state index contributed by atoms with van der Waals surface area (Å²) >= 11 is 3.73. The van der Waals surface area contributed by atoms with E-state index in [0.29, 0.717) is 5.92 Å². The molecule has 20 heavy (non-hydrogen) atoms. The second-order valence-electron chi connectivity index (χ2n) is 5.78. The van der Waals surface area contributed by atoms with Crippen LogP contribution in [-0.2, 0) is 0 Å². The zero-order valence-corrected chi connectivity index (χ0v) is 13.7. The lowest BCUT2D eigenvalue weighted by Crippen LogP contribution is -2.22. The van der Waals surface area contributed by atoms with Crippen LogP contribution in [0.4, 0.5) is 11.8 Å². The normalized spacial score (nSPS) is 19.8. The summed E-state index contributed by atoms with van der Waals surface area (Å²) in [6.45, 7) is 5.19. The lowest BCUT2D eigenvalue weighted by Gasteiger charge is -2.21. The number of nitrogens with zero attached hydrogens (tertiary/aromatic N) is 3. The second-order valence-corrected chi connectivity index (χ2v) is 6.57. The third-order valence-corrected chi connectivity index (χ3v) is 5.12. The van der Waals surface area contributed by atoms with Gasteiger partial charge in [-0.05, 0) is 48.5 Å². The molecule has 1 aromatic rings. The van der Waals surface area contributed by atoms with Crippen molar-refractivity contribution in [3.8, 4) is 0 Å². The maximum atomic E-state index is 4.91. The van der Waals surface area contributed by atoms with Gasteiger partial charge in [-0.3, -0.25) is 0 Å². The van der Waals surface area contributed by atoms with Crippen molar-refractivity contribution in [2.24, 2.45) is 0 Å². The van der Waals surface area contributed by atoms with Gasteiger partial charge in [0, 0.05) is 25.6 Å². The summed E-state index contributed by atoms with van der Waals surface area (Å²) in [5.74, 6) is 2.49. The summed E-state index contributed by atoms with van der Waals surface area (Å²) in [6, 6.07) is 0. The Hall–Kier alpha value is -0.840. The molecular formula is C15H23BrN4. The first-order valence-corrected chi connectivity index (χ1v) is 8.65. The van der Waals surface area contributed by atoms with Crippen LogP contribution in [-0.4, -0.2) is 29.6 Å². The van der Waals surface area contributed by atoms with E-state index in [4.69, 9.17) is 9.97 Å². The van der Waals surface area contributed by atoms with Crippen molar-refractivity contribution in [3.05, 3.63) is 10.2 Å². The SMILES string of the molecule is CCNc1nc(N2CCCC2)nc(C2CCCC2)c1Br. The Bertz CT molecular complexity index is 465. The Balaban J connectivity index is 1.97. The van der Waals surface area contributed by atoms with E-state index in [1.807, 2.05) is 0 Å². The predicted molar refractivity (Wildman–Crippen MR) is 86.6 cm³/mol. The van der Waals surface area contributed by atoms with Gasteiger partial charge in [0.05, 0.1) is 10.2 Å². The fourth-order valence-electron chi connectivity index (χ4n) is 3.27. The lowest BCUT2D eigenvalue weighted by molar-refractivity contribution is 0.686. The van der Waals surface area contributed by atoms with Crippen molar-refractivity contribution in [3.63, 3.8) is 0 Å². The molecule has 1 aliphatic heterocycles. The van der Waals surface area contributed by atoms with Gasteiger partial charge in [0.15, 0.2) is 0 Å². The van der Waals surface area contributed by atoms with Crippen molar-refractivity contribution < 1.29 is 0 Å². The van der Waals surface area contributed by atoms with E-state index in [2.05, 4.69) is 33.1 Å². The van der Waals surface area contributed by atoms with E-state index >= 15 is 0 Å². The molecule has 0 unspecified atom stereocenters. The lowest BCUT2D eigenvalue weighted by atomic mass is 10.0. The molecule has 1 aliphatic carbocycles. The summed E-state index contributed by atoms with van der Waals surface area (Å²) in [5.41, 5.74) is 1.22. The number of hydrogen-bond acceptors (Lipinski definition) is 4. The molecule has 1 saturated heterocycles. The van der Waals surface area contributed by atoms with Crippen molar-refractivity contribution >= 4 is 27.7 Å². The fraction of sp³-hybridized carbons (Fsp3) is 0.733. The topological polar surface area (TPSA) is 41.1 Å². The highest BCUT2D eigenvalue weighted by Gasteiger charge is 2.25. The van der Waals surface area contributed by atoms with Crippen LogP contribution in [0.1, 0.15) is 57.1 Å². The minimum atomic E-state index is 0.603. The molecule has 1 N–H and O–H groups in total. The van der Waals surface area contributed by atoms with Crippen LogP contribution in [0.15, 0.2) is 4.47 Å². The molecule has 4 nitrogen and oxygen atoms in total. The number of nitrogens with one attached hydrogen (secondary N) is 1. The van der Waals surface area contributed by atoms with Gasteiger partial charge >= 0.3 is 0 Å². The molecular weight excluding hydrogens is 316 g/mol. The smallest absolute Gasteiger partial charge is 0.227 e. The molecule has 110 valence electrons. The summed E-state index contributed by atoms with van der Waals surface area (Å²) in [6.07, 6.45) is 7.71. The van der Waals surface area contributed by atoms with Gasteiger partial charge in [-0.1, -0.05) is 12.8 Å². The highest BCUT2D eigenvalue weighted by atomic mass is 79.9. The van der Waals surface area contributed by atoms with Crippen LogP contribution < -0.4 is 10.2 Å². The first kappa shape index (κ1) is 14.1. The van der Waals surface area contributed by atoms with Gasteiger partial charge in [0.25, 0.3) is 0 Å². The zero-order valence-electron chi connectivity index (χ0n) is 12.2. The van der Waals surface area contributed by atoms with E-state index in [1.165, 1.54) is 44.2 Å². The number of hydrogen-bond donors (Lipinski definition) is 1. The van der Waals surface area contributed by atoms with Gasteiger partial charge < -0.3 is 10.2 Å². The predicted octanol–water partition coefficient (Wildman–Crippen LogP) is 3.93. The Morgan fingerprint density at radius 2 is 1.85 bits per heavy atom. The standard InChI is InChI=1S/C15H23BrN4/c1-2-17-14-12(16)13(11-7-3-4-8-11)18-15(19-14)20-9-5-6-10-20/h11H,2-10H2,1H3,(H,17,18,19). The highest BCUT2D eigenvalue weighted by Crippen LogP contribution is 2.39. The van der Waals surface area contributed by atoms with Crippen molar-refractivity contribution in [2.45, 2.75) is 51.4 Å². The Labute approximate surface area is 129 Å². The monoisotopic (exact) mass is 338 g/mol. The molecule has 0 atom stereocenters. The average molecular weight is 339 g/mol. The van der Waals surface area contributed by atoms with Crippen LogP contribution in [0.5, 0.6) is 0 Å². The van der Waals surface area contributed by atoms with Crippen LogP contribution in [0.3, 0.4) is 0 Å². The summed E-state index contributed by atoms with van der Waals surface area (Å²) < 4.78 is 1.08. The molecule has 2 aliphatic rings. The molecule has 0 aromatic carbocycles. The number of aromatic nitrogens is 2. The maximum Gasteiger partial charge on any atom is 0.227 e. The van der Waals surface area contributed by atoms with Crippen LogP contribution in [0, 0.1) is 0 Å². The second kappa shape index (κ2) is 6.29. The van der Waals surface area contributed by atoms with E-state index in [-0.39, 0.29) is 0 Å². The first-order valence-electron chi connectivity index (χ1n) is 7.86. The van der Waals surface area contributed by atoms with Gasteiger partial charge in [0.1, 0.15) is 5.82 Å². The van der Waals surface area contributed by atoms with Crippen LogP contribution in [0.2, 0.25) is 0 Å². The molecule has 0 bridgehead atoms. The highest BCUT2D eigenvalue weighted by molar-refractivity contribution is 9.10. The Morgan fingerprint density at radius 1 is 1.15 bits per heavy atom. The number of rotatable bonds is 4. The van der Waals surface area contributed by atoms with Crippen molar-refractivity contribution in [2.75, 3.05) is 29.9 Å². The maximum absolute atomic E-state index is 4.91. The van der Waals surface area contributed by atoms with Crippen molar-refractivity contribution in [1.82, 2.24) is 9.97 Å². The zero-order chi connectivity index (χ0) is 13.9. The van der Waals surface area contributed by atoms with Crippen LogP contribution >= 0.6 is 15.9 Å². The Morgan fingerprint density at radius 3 is 2.50 bits per heavy atom. The molecule has 1 aromatic heterocycles. The molecule has 0 spiro atoms. The minimum Gasteiger partial charge on any atom is -0.369 e. The largest absolute Gasteiger partial charge is 0.369 e. The Kier molecular flexibility index (Phi) is 4.44. The van der Waals surface area contributed by atoms with Gasteiger partial charge in [-0.15, -0.1) is 0 Å². The fourth-order valence-corrected chi connectivity index (χ4v) is 3.91. The summed E-state index contributed by atoms with van der Waals surface area (Å²) in [4.78, 5) is 12.0. The van der Waals surface area contributed by atoms with E-state index < -0.39 is 0 Å². The minimum absolute atomic E-state index is 0.603. The number of anilines is 2. The van der Waals surface area contributed by atoms with E-state index in [0.717, 1.165) is 35.9 Å². The summed E-state index contributed by atoms with van der Waals surface area (Å²) in [7, 11) is 0. The van der Waals surface area contributed by atoms with E-state index in [1.54, 1.807) is 0 Å². The van der Waals surface area contributed by atoms with Gasteiger partial charge in [-0.2, -0.15) is 4.98 Å². The van der Waals surface area contributed by atoms with Crippen molar-refractivity contribution in [1.29, 1.82) is 0 Å². The average Bonchev–Trinajstić information content (AvgIpc) is 3.14. The molecule has 0 amide bonds. The molecule has 2 heterocycles. The van der Waals surface area contributed by atoms with Gasteiger partial charge in [-0.25, -0.2) is 4.98 Å². The third-order valence-electron chi connectivity index (χ3n) is 4.34. The summed E-state index contributed by atoms with van der Waals surface area (Å²) in [5, 5.41) is 3.38.